The molecule has 114 valence electrons. The zero-order valence-corrected chi connectivity index (χ0v) is 12.7. The highest BCUT2D eigenvalue weighted by Crippen LogP contribution is 2.33. The van der Waals surface area contributed by atoms with Crippen molar-refractivity contribution < 1.29 is 14.7 Å². The third kappa shape index (κ3) is 5.21. The molecule has 0 spiro atoms. The summed E-state index contributed by atoms with van der Waals surface area (Å²) in [5.74, 6) is -0.630. The van der Waals surface area contributed by atoms with Crippen molar-refractivity contribution in [2.45, 2.75) is 52.0 Å². The molecule has 0 saturated heterocycles. The van der Waals surface area contributed by atoms with Gasteiger partial charge in [0, 0.05) is 6.42 Å². The van der Waals surface area contributed by atoms with Crippen LogP contribution >= 0.6 is 0 Å². The van der Waals surface area contributed by atoms with Crippen LogP contribution in [0.5, 0.6) is 0 Å². The molecule has 1 aliphatic rings. The summed E-state index contributed by atoms with van der Waals surface area (Å²) >= 11 is 0. The fourth-order valence-corrected chi connectivity index (χ4v) is 2.65. The van der Waals surface area contributed by atoms with Gasteiger partial charge in [-0.1, -0.05) is 42.2 Å². The summed E-state index contributed by atoms with van der Waals surface area (Å²) in [4.78, 5) is 23.1. The summed E-state index contributed by atoms with van der Waals surface area (Å²) in [7, 11) is 0. The number of carbonyl (C=O) groups is 2. The van der Waals surface area contributed by atoms with Crippen LogP contribution in [-0.2, 0) is 16.0 Å². The van der Waals surface area contributed by atoms with Crippen molar-refractivity contribution in [3.8, 4) is 0 Å². The molecule has 1 aromatic rings. The summed E-state index contributed by atoms with van der Waals surface area (Å²) in [5.41, 5.74) is 3.49. The van der Waals surface area contributed by atoms with Crippen LogP contribution < -0.4 is 5.32 Å². The maximum atomic E-state index is 11.9. The van der Waals surface area contributed by atoms with Crippen molar-refractivity contribution in [2.24, 2.45) is 5.92 Å². The number of carbonyl (C=O) groups excluding carboxylic acids is 1. The number of aryl methyl sites for hydroxylation is 3. The van der Waals surface area contributed by atoms with Gasteiger partial charge in [-0.2, -0.15) is 0 Å². The highest BCUT2D eigenvalue weighted by Gasteiger charge is 2.29. The van der Waals surface area contributed by atoms with E-state index in [1.54, 1.807) is 0 Å². The second-order valence-corrected chi connectivity index (χ2v) is 6.13. The molecule has 0 heterocycles. The molecule has 0 bridgehead atoms. The van der Waals surface area contributed by atoms with Crippen molar-refractivity contribution in [3.05, 3.63) is 34.9 Å². The second kappa shape index (κ2) is 6.74. The quantitative estimate of drug-likeness (QED) is 0.811. The fraction of sp³-hybridized carbons (Fsp3) is 0.529. The van der Waals surface area contributed by atoms with Gasteiger partial charge in [0.05, 0.1) is 0 Å². The topological polar surface area (TPSA) is 66.4 Å². The van der Waals surface area contributed by atoms with Gasteiger partial charge in [-0.15, -0.1) is 0 Å². The van der Waals surface area contributed by atoms with Crippen LogP contribution in [0, 0.1) is 19.8 Å². The molecular weight excluding hydrogens is 266 g/mol. The molecule has 1 amide bonds. The zero-order valence-electron chi connectivity index (χ0n) is 12.7. The van der Waals surface area contributed by atoms with Crippen LogP contribution in [-0.4, -0.2) is 23.0 Å². The number of carboxylic acids is 1. The van der Waals surface area contributed by atoms with Crippen molar-refractivity contribution in [1.82, 2.24) is 5.32 Å². The van der Waals surface area contributed by atoms with Gasteiger partial charge in [0.25, 0.3) is 0 Å². The van der Waals surface area contributed by atoms with Crippen molar-refractivity contribution >= 4 is 11.9 Å². The first kappa shape index (κ1) is 15.5. The Morgan fingerprint density at radius 3 is 2.38 bits per heavy atom. The third-order valence-electron chi connectivity index (χ3n) is 3.82. The summed E-state index contributed by atoms with van der Waals surface area (Å²) < 4.78 is 0. The van der Waals surface area contributed by atoms with Crippen LogP contribution in [0.4, 0.5) is 0 Å². The summed E-state index contributed by atoms with van der Waals surface area (Å²) in [6.45, 7) is 4.07. The molecular formula is C17H23NO3. The van der Waals surface area contributed by atoms with E-state index >= 15 is 0 Å². The highest BCUT2D eigenvalue weighted by atomic mass is 16.4. The minimum Gasteiger partial charge on any atom is -0.480 e. The average molecular weight is 289 g/mol. The van der Waals surface area contributed by atoms with Gasteiger partial charge >= 0.3 is 5.97 Å². The minimum atomic E-state index is -0.929. The number of hydrogen-bond donors (Lipinski definition) is 2. The first-order valence-corrected chi connectivity index (χ1v) is 7.53. The number of benzene rings is 1. The predicted molar refractivity (Wildman–Crippen MR) is 81.1 cm³/mol. The van der Waals surface area contributed by atoms with E-state index in [0.717, 1.165) is 18.4 Å². The molecule has 0 aliphatic heterocycles. The largest absolute Gasteiger partial charge is 0.480 e. The first-order chi connectivity index (χ1) is 9.94. The van der Waals surface area contributed by atoms with Crippen molar-refractivity contribution in [1.29, 1.82) is 0 Å². The lowest BCUT2D eigenvalue weighted by atomic mass is 10.0. The van der Waals surface area contributed by atoms with Gasteiger partial charge in [-0.3, -0.25) is 4.79 Å². The molecule has 4 nitrogen and oxygen atoms in total. The maximum absolute atomic E-state index is 11.9. The highest BCUT2D eigenvalue weighted by molar-refractivity contribution is 5.83. The van der Waals surface area contributed by atoms with Crippen LogP contribution in [0.2, 0.25) is 0 Å². The van der Waals surface area contributed by atoms with Gasteiger partial charge in [-0.05, 0) is 38.2 Å². The Labute approximate surface area is 125 Å². The number of carboxylic acid groups (broad SMARTS) is 1. The Morgan fingerprint density at radius 1 is 1.24 bits per heavy atom. The molecule has 4 heteroatoms. The SMILES string of the molecule is Cc1cc(C)cc(CCC(=O)NC(CC2CC2)C(=O)O)c1. The molecule has 2 rings (SSSR count). The van der Waals surface area contributed by atoms with E-state index in [4.69, 9.17) is 5.11 Å². The smallest absolute Gasteiger partial charge is 0.326 e. The lowest BCUT2D eigenvalue weighted by Crippen LogP contribution is -2.41. The van der Waals surface area contributed by atoms with Crippen LogP contribution in [0.15, 0.2) is 18.2 Å². The van der Waals surface area contributed by atoms with Gasteiger partial charge in [0.15, 0.2) is 0 Å². The third-order valence-corrected chi connectivity index (χ3v) is 3.82. The van der Waals surface area contributed by atoms with Gasteiger partial charge in [0.1, 0.15) is 6.04 Å². The van der Waals surface area contributed by atoms with Gasteiger partial charge in [0.2, 0.25) is 5.91 Å². The molecule has 21 heavy (non-hydrogen) atoms. The molecule has 0 radical (unpaired) electrons. The van der Waals surface area contributed by atoms with E-state index in [-0.39, 0.29) is 5.91 Å². The van der Waals surface area contributed by atoms with Gasteiger partial charge < -0.3 is 10.4 Å². The number of nitrogens with one attached hydrogen (secondary N) is 1. The normalized spacial score (nSPS) is 15.5. The van der Waals surface area contributed by atoms with E-state index in [0.29, 0.717) is 25.2 Å². The molecule has 1 atom stereocenters. The number of amides is 1. The van der Waals surface area contributed by atoms with E-state index in [1.165, 1.54) is 11.1 Å². The number of aliphatic carboxylic acids is 1. The Bertz CT molecular complexity index is 515. The van der Waals surface area contributed by atoms with Crippen LogP contribution in [0.1, 0.15) is 42.4 Å². The molecule has 2 N–H and O–H groups in total. The molecule has 1 fully saturated rings. The van der Waals surface area contributed by atoms with E-state index in [1.807, 2.05) is 13.8 Å². The average Bonchev–Trinajstić information content (AvgIpc) is 3.18. The zero-order chi connectivity index (χ0) is 15.4. The Morgan fingerprint density at radius 2 is 1.86 bits per heavy atom. The molecule has 0 aromatic heterocycles. The minimum absolute atomic E-state index is 0.179. The summed E-state index contributed by atoms with van der Waals surface area (Å²) in [5, 5.41) is 11.8. The van der Waals surface area contributed by atoms with Crippen LogP contribution in [0.25, 0.3) is 0 Å². The Balaban J connectivity index is 1.83. The Hall–Kier alpha value is -1.84. The van der Waals surface area contributed by atoms with Gasteiger partial charge in [-0.25, -0.2) is 4.79 Å². The predicted octanol–water partition coefficient (Wildman–Crippen LogP) is 2.61. The molecule has 1 unspecified atom stereocenters. The molecule has 1 aliphatic carbocycles. The fourth-order valence-electron chi connectivity index (χ4n) is 2.65. The number of hydrogen-bond acceptors (Lipinski definition) is 2. The lowest BCUT2D eigenvalue weighted by Gasteiger charge is -2.14. The monoisotopic (exact) mass is 289 g/mol. The molecule has 1 aromatic carbocycles. The van der Waals surface area contributed by atoms with Crippen LogP contribution in [0.3, 0.4) is 0 Å². The Kier molecular flexibility index (Phi) is 4.99. The standard InChI is InChI=1S/C17H23NO3/c1-11-7-12(2)9-14(8-11)5-6-16(19)18-15(17(20)21)10-13-3-4-13/h7-9,13,15H,3-6,10H2,1-2H3,(H,18,19)(H,20,21). The lowest BCUT2D eigenvalue weighted by molar-refractivity contribution is -0.142. The van der Waals surface area contributed by atoms with Crippen molar-refractivity contribution in [2.75, 3.05) is 0 Å². The number of rotatable bonds is 7. The second-order valence-electron chi connectivity index (χ2n) is 6.13. The van der Waals surface area contributed by atoms with E-state index < -0.39 is 12.0 Å². The maximum Gasteiger partial charge on any atom is 0.326 e. The molecule has 1 saturated carbocycles. The summed E-state index contributed by atoms with van der Waals surface area (Å²) in [6.07, 6.45) is 3.70. The van der Waals surface area contributed by atoms with E-state index in [2.05, 4.69) is 23.5 Å². The summed E-state index contributed by atoms with van der Waals surface area (Å²) in [6, 6.07) is 5.50. The first-order valence-electron chi connectivity index (χ1n) is 7.53. The van der Waals surface area contributed by atoms with E-state index in [9.17, 15) is 9.59 Å². The van der Waals surface area contributed by atoms with Crippen molar-refractivity contribution in [3.63, 3.8) is 0 Å².